The third-order valence-corrected chi connectivity index (χ3v) is 17.9. The molecule has 0 radical (unpaired) electrons. The summed E-state index contributed by atoms with van der Waals surface area (Å²) in [5.74, 6) is -11.3. The van der Waals surface area contributed by atoms with Crippen LogP contribution in [-0.4, -0.2) is 235 Å². The second-order valence-corrected chi connectivity index (χ2v) is 27.7. The number of hydrogen-bond acceptors (Lipinski definition) is 14. The molecule has 22 nitrogen and oxygen atoms in total. The van der Waals surface area contributed by atoms with Gasteiger partial charge in [0.2, 0.25) is 47.3 Å². The molecule has 22 heteroatoms. The lowest BCUT2D eigenvalue weighted by atomic mass is 9.84. The number of nitrogens with zero attached hydrogens (tertiary/aromatic N) is 7. The molecule has 1 saturated heterocycles. The fraction of sp³-hybridized carbons (Fsp3) is 0.833. The summed E-state index contributed by atoms with van der Waals surface area (Å²) >= 11 is 0. The van der Waals surface area contributed by atoms with Crippen LogP contribution >= 0.6 is 0 Å². The van der Waals surface area contributed by atoms with E-state index in [1.165, 1.54) is 92.6 Å². The molecule has 1 aliphatic heterocycles. The number of amides is 8. The number of carbonyl (C=O) groups excluding carboxylic acids is 11. The number of ether oxygens (including phenoxy) is 1. The van der Waals surface area contributed by atoms with Gasteiger partial charge in [-0.05, 0) is 93.9 Å². The van der Waals surface area contributed by atoms with Crippen molar-refractivity contribution in [2.75, 3.05) is 76.1 Å². The van der Waals surface area contributed by atoms with Crippen molar-refractivity contribution in [2.24, 2.45) is 59.2 Å². The Balaban J connectivity index is 4.35. The van der Waals surface area contributed by atoms with Crippen molar-refractivity contribution < 1.29 is 62.6 Å². The average Bonchev–Trinajstić information content (AvgIpc) is 1.48. The van der Waals surface area contributed by atoms with Crippen molar-refractivity contribution in [3.05, 3.63) is 0 Å². The van der Waals surface area contributed by atoms with E-state index >= 15 is 14.4 Å². The highest BCUT2D eigenvalue weighted by Crippen LogP contribution is 2.29. The van der Waals surface area contributed by atoms with Crippen LogP contribution in [0.4, 0.5) is 0 Å². The van der Waals surface area contributed by atoms with Gasteiger partial charge in [0, 0.05) is 100 Å². The third kappa shape index (κ3) is 22.2. The summed E-state index contributed by atoms with van der Waals surface area (Å²) in [5.41, 5.74) is 0. The number of rotatable bonds is 18. The molecule has 88 heavy (non-hydrogen) atoms. The van der Waals surface area contributed by atoms with Crippen LogP contribution in [0.3, 0.4) is 0 Å². The molecule has 0 saturated carbocycles. The molecule has 1 aliphatic rings. The van der Waals surface area contributed by atoms with E-state index in [1.54, 1.807) is 69.4 Å². The van der Waals surface area contributed by atoms with E-state index in [2.05, 4.69) is 10.6 Å². The van der Waals surface area contributed by atoms with Crippen LogP contribution in [-0.2, 0) is 57.5 Å². The lowest BCUT2D eigenvalue weighted by Crippen LogP contribution is -2.62. The Hall–Kier alpha value is -5.35. The van der Waals surface area contributed by atoms with Crippen molar-refractivity contribution in [1.29, 1.82) is 0 Å². The zero-order chi connectivity index (χ0) is 68.3. The van der Waals surface area contributed by atoms with Gasteiger partial charge in [-0.3, -0.25) is 52.7 Å². The van der Waals surface area contributed by atoms with Crippen LogP contribution in [0.15, 0.2) is 0 Å². The molecule has 0 aromatic heterocycles. The van der Waals surface area contributed by atoms with E-state index in [4.69, 9.17) is 4.74 Å². The van der Waals surface area contributed by atoms with Crippen molar-refractivity contribution in [3.8, 4) is 0 Å². The minimum atomic E-state index is -1.52. The number of hydrogen-bond donors (Lipinski definition) is 3. The first-order valence-corrected chi connectivity index (χ1v) is 32.3. The predicted octanol–water partition coefficient (Wildman–Crippen LogP) is 5.20. The van der Waals surface area contributed by atoms with Crippen LogP contribution in [0.5, 0.6) is 0 Å². The molecule has 0 aromatic rings. The minimum Gasteiger partial charge on any atom is -0.390 e. The minimum absolute atomic E-state index is 0.0709. The predicted molar refractivity (Wildman–Crippen MR) is 342 cm³/mol. The van der Waals surface area contributed by atoms with Crippen LogP contribution in [0.2, 0.25) is 0 Å². The maximum absolute atomic E-state index is 15.3. The van der Waals surface area contributed by atoms with E-state index in [1.807, 2.05) is 41.5 Å². The van der Waals surface area contributed by atoms with Crippen LogP contribution in [0.1, 0.15) is 169 Å². The number of aliphatic hydroxyl groups excluding tert-OH is 1. The Bertz CT molecular complexity index is 2340. The first-order chi connectivity index (χ1) is 40.7. The number of carbonyl (C=O) groups is 11. The maximum Gasteiger partial charge on any atom is 0.246 e. The molecule has 13 atom stereocenters. The second-order valence-electron chi connectivity index (χ2n) is 27.7. The molecule has 1 heterocycles. The molecule has 8 amide bonds. The Kier molecular flexibility index (Phi) is 34.0. The fourth-order valence-corrected chi connectivity index (χ4v) is 12.0. The van der Waals surface area contributed by atoms with E-state index < -0.39 is 161 Å². The average molecular weight is 1250 g/mol. The van der Waals surface area contributed by atoms with Gasteiger partial charge in [0.15, 0.2) is 17.3 Å². The summed E-state index contributed by atoms with van der Waals surface area (Å²) in [6, 6.07) is -9.36. The van der Waals surface area contributed by atoms with Crippen molar-refractivity contribution in [3.63, 3.8) is 0 Å². The Morgan fingerprint density at radius 1 is 0.489 bits per heavy atom. The van der Waals surface area contributed by atoms with Gasteiger partial charge in [-0.1, -0.05) is 104 Å². The Morgan fingerprint density at radius 3 is 1.38 bits per heavy atom. The molecule has 0 bridgehead atoms. The quantitative estimate of drug-likeness (QED) is 0.149. The van der Waals surface area contributed by atoms with Crippen molar-refractivity contribution in [2.45, 2.75) is 224 Å². The Morgan fingerprint density at radius 2 is 0.920 bits per heavy atom. The van der Waals surface area contributed by atoms with Crippen molar-refractivity contribution in [1.82, 2.24) is 44.9 Å². The summed E-state index contributed by atoms with van der Waals surface area (Å²) in [7, 11) is 11.8. The summed E-state index contributed by atoms with van der Waals surface area (Å²) in [5, 5.41) is 18.3. The summed E-state index contributed by atoms with van der Waals surface area (Å²) in [4.78, 5) is 171. The standard InChI is InChI=1S/C66H119N9O13/c1-26-47-35-54(78)57(58(79)43(14)27-28-67-29-30-88-25)75(24)66(87)56(42(12)13)74(23)64(85)51(33-39(6)7)72(21)65(86)55(41(10)11)73(22)60(81)45(16)68-59(80)44(15)34-52(76)49(31-37(2)3)71(20)63(84)48(40(8)9)36-53(77)50(32-38(4)5)70(19)61(82)46(17)69(18)62(47)83/h37-51,55-58,67,79H,26-36H2,1-25H3,(H,68,80)/t43-,44+,45+,46-,47+,48-,49-,50+,51-,55?,56-,57+,58-/m1/s1. The van der Waals surface area contributed by atoms with Gasteiger partial charge in [0.05, 0.1) is 24.8 Å². The van der Waals surface area contributed by atoms with Gasteiger partial charge in [0.1, 0.15) is 36.3 Å². The molecule has 1 rings (SSSR count). The first-order valence-electron chi connectivity index (χ1n) is 32.3. The number of ketones is 3. The molecule has 3 N–H and O–H groups in total. The van der Waals surface area contributed by atoms with E-state index in [0.717, 1.165) is 4.90 Å². The zero-order valence-electron chi connectivity index (χ0n) is 58.7. The van der Waals surface area contributed by atoms with Gasteiger partial charge in [-0.25, -0.2) is 0 Å². The largest absolute Gasteiger partial charge is 0.390 e. The number of Topliss-reactive ketones (excluding diaryl/α,β-unsaturated/α-hetero) is 3. The normalized spacial score (nSPS) is 27.4. The van der Waals surface area contributed by atoms with E-state index in [9.17, 15) is 43.5 Å². The van der Waals surface area contributed by atoms with Crippen LogP contribution in [0.25, 0.3) is 0 Å². The molecule has 0 aromatic carbocycles. The highest BCUT2D eigenvalue weighted by Gasteiger charge is 2.46. The van der Waals surface area contributed by atoms with Gasteiger partial charge < -0.3 is 54.8 Å². The molecule has 1 fully saturated rings. The number of nitrogens with one attached hydrogen (secondary N) is 2. The summed E-state index contributed by atoms with van der Waals surface area (Å²) in [6.45, 7) is 31.4. The van der Waals surface area contributed by atoms with Gasteiger partial charge in [0.25, 0.3) is 0 Å². The smallest absolute Gasteiger partial charge is 0.246 e. The van der Waals surface area contributed by atoms with E-state index in [0.29, 0.717) is 26.1 Å². The van der Waals surface area contributed by atoms with E-state index in [-0.39, 0.29) is 62.1 Å². The van der Waals surface area contributed by atoms with Gasteiger partial charge in [-0.2, -0.15) is 0 Å². The third-order valence-electron chi connectivity index (χ3n) is 17.9. The SMILES string of the molecule is CC[C@H]1CC(=O)[C@@H]([C@H](O)[C@H](C)CCNCCOC)N(C)C(=O)[C@@H](C(C)C)N(C)C(=O)[C@@H](CC(C)C)N(C)C(=O)C(C(C)C)N(C)C(=O)[C@H](C)NC(=O)[C@@H](C)CC(=O)[C@@H](CC(C)C)N(C)C(=O)[C@@H](C(C)C)CC(=O)[C@H](CC(C)C)N(C)C(=O)[C@@H](C)N(C)C1=O. The van der Waals surface area contributed by atoms with Gasteiger partial charge in [-0.15, -0.1) is 0 Å². The molecule has 506 valence electrons. The number of aliphatic hydroxyl groups is 1. The monoisotopic (exact) mass is 1250 g/mol. The molecule has 0 aliphatic carbocycles. The number of methoxy groups -OCH3 is 1. The topological polar surface area (TPSA) is 264 Å². The highest BCUT2D eigenvalue weighted by atomic mass is 16.5. The van der Waals surface area contributed by atoms with Gasteiger partial charge >= 0.3 is 0 Å². The summed E-state index contributed by atoms with van der Waals surface area (Å²) in [6.07, 6.45) is -1.31. The second kappa shape index (κ2) is 37.1. The summed E-state index contributed by atoms with van der Waals surface area (Å²) < 4.78 is 5.17. The van der Waals surface area contributed by atoms with Crippen molar-refractivity contribution >= 4 is 64.6 Å². The molecular formula is C66H119N9O13. The zero-order valence-corrected chi connectivity index (χ0v) is 58.7. The Labute approximate surface area is 529 Å². The molecule has 1 unspecified atom stereocenters. The molecule has 0 spiro atoms. The highest BCUT2D eigenvalue weighted by molar-refractivity contribution is 6.00. The fourth-order valence-electron chi connectivity index (χ4n) is 12.0. The maximum atomic E-state index is 15.3. The lowest BCUT2D eigenvalue weighted by Gasteiger charge is -2.42. The molecular weight excluding hydrogens is 1130 g/mol. The van der Waals surface area contributed by atoms with Crippen LogP contribution in [0, 0.1) is 59.2 Å². The lowest BCUT2D eigenvalue weighted by molar-refractivity contribution is -0.157. The van der Waals surface area contributed by atoms with Crippen LogP contribution < -0.4 is 10.6 Å². The first kappa shape index (κ1) is 80.7. The number of likely N-dealkylation sites (N-methyl/N-ethyl adjacent to an activating group) is 7.